The van der Waals surface area contributed by atoms with Gasteiger partial charge in [0, 0.05) is 25.3 Å². The number of unbranched alkanes of at least 4 members (excludes halogenated alkanes) is 1. The standard InChI is InChI=1S/C19H32N4O/c1-3-16(2)17-6-8-18(9-7-17)22-19(20)21-10-4-5-11-23-12-14-24-15-13-23/h6-9,16H,3-5,10-15H2,1-2H3,(H3,20,21,22). The monoisotopic (exact) mass is 332 g/mol. The Balaban J connectivity index is 1.65. The molecule has 2 rings (SSSR count). The molecule has 1 saturated heterocycles. The average molecular weight is 332 g/mol. The molecule has 1 aromatic rings. The second-order valence-electron chi connectivity index (χ2n) is 6.48. The van der Waals surface area contributed by atoms with E-state index >= 15 is 0 Å². The van der Waals surface area contributed by atoms with Gasteiger partial charge in [0.15, 0.2) is 5.96 Å². The molecule has 1 atom stereocenters. The highest BCUT2D eigenvalue weighted by molar-refractivity contribution is 5.92. The maximum absolute atomic E-state index is 5.97. The molecule has 24 heavy (non-hydrogen) atoms. The summed E-state index contributed by atoms with van der Waals surface area (Å²) in [5.74, 6) is 1.09. The first-order chi connectivity index (χ1) is 11.7. The van der Waals surface area contributed by atoms with Gasteiger partial charge in [0.05, 0.1) is 13.2 Å². The lowest BCUT2D eigenvalue weighted by Crippen LogP contribution is -2.36. The number of hydrogen-bond acceptors (Lipinski definition) is 3. The van der Waals surface area contributed by atoms with E-state index < -0.39 is 0 Å². The van der Waals surface area contributed by atoms with Crippen LogP contribution in [0.2, 0.25) is 0 Å². The number of nitrogens with one attached hydrogen (secondary N) is 1. The number of anilines is 1. The van der Waals surface area contributed by atoms with Gasteiger partial charge < -0.3 is 15.8 Å². The van der Waals surface area contributed by atoms with Gasteiger partial charge in [-0.25, -0.2) is 0 Å². The first-order valence-corrected chi connectivity index (χ1v) is 9.16. The van der Waals surface area contributed by atoms with Crippen LogP contribution in [0.3, 0.4) is 0 Å². The molecule has 3 N–H and O–H groups in total. The number of morpholine rings is 1. The van der Waals surface area contributed by atoms with Gasteiger partial charge in [0.25, 0.3) is 0 Å². The molecule has 5 nitrogen and oxygen atoms in total. The largest absolute Gasteiger partial charge is 0.379 e. The number of guanidine groups is 1. The van der Waals surface area contributed by atoms with Gasteiger partial charge in [0.1, 0.15) is 0 Å². The summed E-state index contributed by atoms with van der Waals surface area (Å²) < 4.78 is 5.35. The fourth-order valence-corrected chi connectivity index (χ4v) is 2.79. The summed E-state index contributed by atoms with van der Waals surface area (Å²) in [5.41, 5.74) is 8.33. The third kappa shape index (κ3) is 6.49. The predicted octanol–water partition coefficient (Wildman–Crippen LogP) is 3.04. The van der Waals surface area contributed by atoms with Crippen LogP contribution < -0.4 is 11.1 Å². The Bertz CT molecular complexity index is 495. The predicted molar refractivity (Wildman–Crippen MR) is 102 cm³/mol. The van der Waals surface area contributed by atoms with Crippen molar-refractivity contribution in [1.29, 1.82) is 0 Å². The molecule has 0 aliphatic carbocycles. The number of nitrogens with two attached hydrogens (primary N) is 1. The van der Waals surface area contributed by atoms with Gasteiger partial charge in [-0.3, -0.25) is 9.89 Å². The second kappa shape index (κ2) is 10.3. The van der Waals surface area contributed by atoms with Crippen LogP contribution >= 0.6 is 0 Å². The van der Waals surface area contributed by atoms with Gasteiger partial charge in [0.2, 0.25) is 0 Å². The molecular formula is C19H32N4O. The molecule has 0 amide bonds. The average Bonchev–Trinajstić information content (AvgIpc) is 2.62. The zero-order valence-corrected chi connectivity index (χ0v) is 15.1. The lowest BCUT2D eigenvalue weighted by molar-refractivity contribution is 0.0373. The van der Waals surface area contributed by atoms with E-state index in [1.165, 1.54) is 5.56 Å². The van der Waals surface area contributed by atoms with Crippen LogP contribution in [-0.4, -0.2) is 50.3 Å². The van der Waals surface area contributed by atoms with Crippen LogP contribution in [-0.2, 0) is 4.74 Å². The number of hydrogen-bond donors (Lipinski definition) is 2. The number of nitrogens with zero attached hydrogens (tertiary/aromatic N) is 2. The molecule has 1 aromatic carbocycles. The van der Waals surface area contributed by atoms with Gasteiger partial charge in [-0.15, -0.1) is 0 Å². The van der Waals surface area contributed by atoms with E-state index in [1.54, 1.807) is 0 Å². The fourth-order valence-electron chi connectivity index (χ4n) is 2.79. The van der Waals surface area contributed by atoms with Crippen molar-refractivity contribution in [2.45, 2.75) is 39.0 Å². The first-order valence-electron chi connectivity index (χ1n) is 9.16. The van der Waals surface area contributed by atoms with Crippen molar-refractivity contribution >= 4 is 11.6 Å². The minimum atomic E-state index is 0.498. The molecule has 0 saturated carbocycles. The van der Waals surface area contributed by atoms with Gasteiger partial charge in [-0.1, -0.05) is 26.0 Å². The molecule has 0 radical (unpaired) electrons. The summed E-state index contributed by atoms with van der Waals surface area (Å²) in [5, 5.41) is 3.17. The lowest BCUT2D eigenvalue weighted by atomic mass is 9.99. The Labute approximate surface area is 146 Å². The zero-order valence-electron chi connectivity index (χ0n) is 15.1. The molecule has 1 unspecified atom stereocenters. The third-order valence-corrected chi connectivity index (χ3v) is 4.63. The Hall–Kier alpha value is -1.59. The lowest BCUT2D eigenvalue weighted by Gasteiger charge is -2.26. The number of ether oxygens (including phenoxy) is 1. The van der Waals surface area contributed by atoms with Gasteiger partial charge in [-0.05, 0) is 49.4 Å². The van der Waals surface area contributed by atoms with Crippen LogP contribution in [0.15, 0.2) is 29.3 Å². The van der Waals surface area contributed by atoms with E-state index in [9.17, 15) is 0 Å². The Morgan fingerprint density at radius 2 is 1.96 bits per heavy atom. The molecular weight excluding hydrogens is 300 g/mol. The molecule has 0 bridgehead atoms. The topological polar surface area (TPSA) is 62.9 Å². The molecule has 5 heteroatoms. The van der Waals surface area contributed by atoms with Crippen molar-refractivity contribution in [3.05, 3.63) is 29.8 Å². The summed E-state index contributed by atoms with van der Waals surface area (Å²) in [6.45, 7) is 10.2. The molecule has 134 valence electrons. The minimum absolute atomic E-state index is 0.498. The molecule has 1 heterocycles. The Morgan fingerprint density at radius 3 is 2.62 bits per heavy atom. The molecule has 1 aliphatic rings. The fraction of sp³-hybridized carbons (Fsp3) is 0.632. The highest BCUT2D eigenvalue weighted by Crippen LogP contribution is 2.20. The van der Waals surface area contributed by atoms with Crippen LogP contribution in [0.25, 0.3) is 0 Å². The highest BCUT2D eigenvalue weighted by atomic mass is 16.5. The first kappa shape index (κ1) is 18.7. The molecule has 0 aromatic heterocycles. The Morgan fingerprint density at radius 1 is 1.25 bits per heavy atom. The van der Waals surface area contributed by atoms with Crippen LogP contribution in [0, 0.1) is 0 Å². The van der Waals surface area contributed by atoms with E-state index in [2.05, 4.69) is 53.3 Å². The van der Waals surface area contributed by atoms with E-state index in [-0.39, 0.29) is 0 Å². The summed E-state index contributed by atoms with van der Waals surface area (Å²) in [7, 11) is 0. The van der Waals surface area contributed by atoms with Crippen molar-refractivity contribution in [1.82, 2.24) is 4.90 Å². The molecule has 1 aliphatic heterocycles. The summed E-state index contributed by atoms with van der Waals surface area (Å²) >= 11 is 0. The van der Waals surface area contributed by atoms with E-state index in [4.69, 9.17) is 10.5 Å². The van der Waals surface area contributed by atoms with E-state index in [1.807, 2.05) is 0 Å². The normalized spacial score (nSPS) is 17.7. The Kier molecular flexibility index (Phi) is 8.05. The molecule has 1 fully saturated rings. The smallest absolute Gasteiger partial charge is 0.193 e. The van der Waals surface area contributed by atoms with Crippen molar-refractivity contribution in [3.63, 3.8) is 0 Å². The summed E-state index contributed by atoms with van der Waals surface area (Å²) in [6, 6.07) is 8.46. The van der Waals surface area contributed by atoms with Crippen LogP contribution in [0.5, 0.6) is 0 Å². The van der Waals surface area contributed by atoms with Crippen molar-refractivity contribution in [2.75, 3.05) is 44.7 Å². The van der Waals surface area contributed by atoms with Crippen molar-refractivity contribution < 1.29 is 4.74 Å². The number of rotatable bonds is 8. The SMILES string of the molecule is CCC(C)c1ccc(NC(N)=NCCCCN2CCOCC2)cc1. The summed E-state index contributed by atoms with van der Waals surface area (Å²) in [6.07, 6.45) is 3.37. The quantitative estimate of drug-likeness (QED) is 0.436. The van der Waals surface area contributed by atoms with Crippen molar-refractivity contribution in [3.8, 4) is 0 Å². The van der Waals surface area contributed by atoms with Crippen molar-refractivity contribution in [2.24, 2.45) is 10.7 Å². The maximum atomic E-state index is 5.97. The van der Waals surface area contributed by atoms with Gasteiger partial charge in [-0.2, -0.15) is 0 Å². The van der Waals surface area contributed by atoms with Gasteiger partial charge >= 0.3 is 0 Å². The minimum Gasteiger partial charge on any atom is -0.379 e. The van der Waals surface area contributed by atoms with E-state index in [0.29, 0.717) is 11.9 Å². The molecule has 0 spiro atoms. The second-order valence-corrected chi connectivity index (χ2v) is 6.48. The van der Waals surface area contributed by atoms with Crippen LogP contribution in [0.1, 0.15) is 44.6 Å². The van der Waals surface area contributed by atoms with E-state index in [0.717, 1.165) is 64.3 Å². The third-order valence-electron chi connectivity index (χ3n) is 4.63. The number of benzene rings is 1. The zero-order chi connectivity index (χ0) is 17.2. The number of aliphatic imine (C=N–C) groups is 1. The maximum Gasteiger partial charge on any atom is 0.193 e. The van der Waals surface area contributed by atoms with Crippen LogP contribution in [0.4, 0.5) is 5.69 Å². The highest BCUT2D eigenvalue weighted by Gasteiger charge is 2.08. The summed E-state index contributed by atoms with van der Waals surface area (Å²) in [4.78, 5) is 6.87.